The Labute approximate surface area is 210 Å². The Morgan fingerprint density at radius 2 is 1.62 bits per heavy atom. The van der Waals surface area contributed by atoms with Gasteiger partial charge in [-0.15, -0.1) is 0 Å². The molecule has 34 heavy (non-hydrogen) atoms. The highest BCUT2D eigenvalue weighted by Crippen LogP contribution is 2.88. The van der Waals surface area contributed by atoms with Crippen molar-refractivity contribution in [2.45, 2.75) is 132 Å². The average Bonchev–Trinajstić information content (AvgIpc) is 3.36. The lowest BCUT2D eigenvalue weighted by Crippen LogP contribution is -2.56. The first kappa shape index (κ1) is 25.1. The molecule has 5 aliphatic rings. The number of fused-ring (bicyclic) bond motifs is 2. The fourth-order valence-electron chi connectivity index (χ4n) is 11.4. The minimum absolute atomic E-state index is 0.0816. The van der Waals surface area contributed by atoms with Crippen LogP contribution in [0.15, 0.2) is 0 Å². The van der Waals surface area contributed by atoms with Crippen LogP contribution in [0.2, 0.25) is 0 Å². The van der Waals surface area contributed by atoms with Crippen molar-refractivity contribution in [3.8, 4) is 0 Å². The lowest BCUT2D eigenvalue weighted by atomic mass is 9.43. The zero-order chi connectivity index (χ0) is 24.7. The molecular formula is C32H54O2. The first-order chi connectivity index (χ1) is 15.9. The molecule has 5 fully saturated rings. The van der Waals surface area contributed by atoms with Crippen LogP contribution in [0, 0.1) is 63.1 Å². The van der Waals surface area contributed by atoms with Crippen LogP contribution >= 0.6 is 0 Å². The SMILES string of the molecule is CC(=O)OC1CCC23CC24CCC2(C)C(C(C)CCC(C)C(C)C)CC[C@@]2(C)C4CC[C@H]3[C@@H]1C. The Balaban J connectivity index is 1.34. The van der Waals surface area contributed by atoms with E-state index in [1.807, 2.05) is 0 Å². The van der Waals surface area contributed by atoms with Gasteiger partial charge in [0, 0.05) is 6.92 Å². The fourth-order valence-corrected chi connectivity index (χ4v) is 11.4. The second-order valence-corrected chi connectivity index (χ2v) is 15.0. The molecule has 5 saturated carbocycles. The Hall–Kier alpha value is -0.530. The van der Waals surface area contributed by atoms with E-state index in [1.54, 1.807) is 6.92 Å². The maximum atomic E-state index is 11.7. The third-order valence-corrected chi connectivity index (χ3v) is 13.9. The van der Waals surface area contributed by atoms with Crippen molar-refractivity contribution < 1.29 is 9.53 Å². The highest BCUT2D eigenvalue weighted by molar-refractivity contribution is 5.66. The van der Waals surface area contributed by atoms with Crippen molar-refractivity contribution in [3.05, 3.63) is 0 Å². The molecule has 0 amide bonds. The van der Waals surface area contributed by atoms with Crippen molar-refractivity contribution >= 4 is 5.97 Å². The largest absolute Gasteiger partial charge is 0.462 e. The number of hydrogen-bond donors (Lipinski definition) is 0. The average molecular weight is 471 g/mol. The summed E-state index contributed by atoms with van der Waals surface area (Å²) in [6.45, 7) is 19.3. The zero-order valence-corrected chi connectivity index (χ0v) is 23.7. The summed E-state index contributed by atoms with van der Waals surface area (Å²) in [5.74, 6) is 5.61. The van der Waals surface area contributed by atoms with E-state index in [4.69, 9.17) is 4.74 Å². The van der Waals surface area contributed by atoms with Gasteiger partial charge in [0.1, 0.15) is 6.10 Å². The van der Waals surface area contributed by atoms with Crippen LogP contribution in [0.3, 0.4) is 0 Å². The predicted octanol–water partition coefficient (Wildman–Crippen LogP) is 8.68. The lowest BCUT2D eigenvalue weighted by Gasteiger charge is -2.62. The molecular weight excluding hydrogens is 416 g/mol. The van der Waals surface area contributed by atoms with Gasteiger partial charge < -0.3 is 4.74 Å². The molecule has 11 atom stereocenters. The Morgan fingerprint density at radius 3 is 2.29 bits per heavy atom. The molecule has 0 heterocycles. The summed E-state index contributed by atoms with van der Waals surface area (Å²) in [4.78, 5) is 11.7. The second-order valence-electron chi connectivity index (χ2n) is 15.0. The van der Waals surface area contributed by atoms with E-state index in [0.29, 0.717) is 27.6 Å². The molecule has 2 heteroatoms. The van der Waals surface area contributed by atoms with Crippen LogP contribution in [0.5, 0.6) is 0 Å². The molecule has 0 N–H and O–H groups in total. The minimum Gasteiger partial charge on any atom is -0.462 e. The molecule has 0 aromatic carbocycles. The first-order valence-electron chi connectivity index (χ1n) is 15.1. The van der Waals surface area contributed by atoms with Crippen molar-refractivity contribution in [1.82, 2.24) is 0 Å². The number of rotatable bonds is 6. The van der Waals surface area contributed by atoms with Crippen LogP contribution < -0.4 is 0 Å². The van der Waals surface area contributed by atoms with Crippen LogP contribution in [-0.4, -0.2) is 12.1 Å². The van der Waals surface area contributed by atoms with Gasteiger partial charge >= 0.3 is 5.97 Å². The van der Waals surface area contributed by atoms with Gasteiger partial charge in [-0.05, 0) is 121 Å². The number of carbonyl (C=O) groups is 1. The molecule has 0 aromatic rings. The van der Waals surface area contributed by atoms with Crippen LogP contribution in [0.1, 0.15) is 126 Å². The van der Waals surface area contributed by atoms with Crippen LogP contribution in [0.4, 0.5) is 0 Å². The molecule has 0 aromatic heterocycles. The molecule has 0 aliphatic heterocycles. The molecule has 0 saturated heterocycles. The molecule has 0 radical (unpaired) electrons. The molecule has 2 spiro atoms. The van der Waals surface area contributed by atoms with Crippen molar-refractivity contribution in [3.63, 3.8) is 0 Å². The van der Waals surface area contributed by atoms with E-state index >= 15 is 0 Å². The summed E-state index contributed by atoms with van der Waals surface area (Å²) in [6, 6.07) is 0. The molecule has 8 unspecified atom stereocenters. The standard InChI is InChI=1S/C32H54O2/c1-20(2)21(3)9-10-22(4)25-13-15-30(8)28-12-11-26-23(5)27(34-24(6)33)14-16-31(26)19-32(28,31)18-17-29(25,30)7/h20-23,25-28H,9-19H2,1-8H3/t21?,22?,23-,25?,26-,27?,28?,29?,30-,31?,32?/m0/s1. The summed E-state index contributed by atoms with van der Waals surface area (Å²) >= 11 is 0. The van der Waals surface area contributed by atoms with Gasteiger partial charge in [0.25, 0.3) is 0 Å². The maximum Gasteiger partial charge on any atom is 0.302 e. The van der Waals surface area contributed by atoms with Crippen molar-refractivity contribution in [2.75, 3.05) is 0 Å². The zero-order valence-electron chi connectivity index (χ0n) is 23.7. The smallest absolute Gasteiger partial charge is 0.302 e. The van der Waals surface area contributed by atoms with E-state index in [-0.39, 0.29) is 12.1 Å². The summed E-state index contributed by atoms with van der Waals surface area (Å²) in [7, 11) is 0. The van der Waals surface area contributed by atoms with Crippen LogP contribution in [0.25, 0.3) is 0 Å². The van der Waals surface area contributed by atoms with Gasteiger partial charge in [0.2, 0.25) is 0 Å². The number of ether oxygens (including phenoxy) is 1. The van der Waals surface area contributed by atoms with E-state index in [0.717, 1.165) is 41.9 Å². The van der Waals surface area contributed by atoms with E-state index in [2.05, 4.69) is 48.5 Å². The lowest BCUT2D eigenvalue weighted by molar-refractivity contribution is -0.165. The van der Waals surface area contributed by atoms with E-state index in [1.165, 1.54) is 64.2 Å². The van der Waals surface area contributed by atoms with Crippen LogP contribution in [-0.2, 0) is 9.53 Å². The van der Waals surface area contributed by atoms with Gasteiger partial charge in [-0.2, -0.15) is 0 Å². The number of carbonyl (C=O) groups excluding carboxylic acids is 1. The monoisotopic (exact) mass is 470 g/mol. The van der Waals surface area contributed by atoms with E-state index < -0.39 is 0 Å². The third kappa shape index (κ3) is 3.27. The van der Waals surface area contributed by atoms with Gasteiger partial charge in [0.15, 0.2) is 0 Å². The molecule has 5 rings (SSSR count). The minimum atomic E-state index is -0.0816. The summed E-state index contributed by atoms with van der Waals surface area (Å²) in [5, 5.41) is 0. The normalized spacial score (nSPS) is 51.0. The maximum absolute atomic E-state index is 11.7. The predicted molar refractivity (Wildman–Crippen MR) is 140 cm³/mol. The topological polar surface area (TPSA) is 26.3 Å². The van der Waals surface area contributed by atoms with E-state index in [9.17, 15) is 4.79 Å². The van der Waals surface area contributed by atoms with Crippen molar-refractivity contribution in [1.29, 1.82) is 0 Å². The molecule has 5 aliphatic carbocycles. The second kappa shape index (κ2) is 8.24. The quantitative estimate of drug-likeness (QED) is 0.363. The first-order valence-corrected chi connectivity index (χ1v) is 15.1. The molecule has 2 nitrogen and oxygen atoms in total. The number of hydrogen-bond acceptors (Lipinski definition) is 2. The summed E-state index contributed by atoms with van der Waals surface area (Å²) in [5.41, 5.74) is 2.25. The Morgan fingerprint density at radius 1 is 0.882 bits per heavy atom. The highest BCUT2D eigenvalue weighted by atomic mass is 16.5. The Bertz CT molecular complexity index is 803. The van der Waals surface area contributed by atoms with Crippen molar-refractivity contribution in [2.24, 2.45) is 63.1 Å². The van der Waals surface area contributed by atoms with Gasteiger partial charge in [-0.25, -0.2) is 0 Å². The van der Waals surface area contributed by atoms with Gasteiger partial charge in [-0.3, -0.25) is 4.79 Å². The molecule has 194 valence electrons. The fraction of sp³-hybridized carbons (Fsp3) is 0.969. The highest BCUT2D eigenvalue weighted by Gasteiger charge is 2.81. The summed E-state index contributed by atoms with van der Waals surface area (Å²) < 4.78 is 5.81. The van der Waals surface area contributed by atoms with Gasteiger partial charge in [0.05, 0.1) is 0 Å². The Kier molecular flexibility index (Phi) is 6.09. The summed E-state index contributed by atoms with van der Waals surface area (Å²) in [6.07, 6.45) is 15.6. The number of esters is 1. The molecule has 0 bridgehead atoms. The van der Waals surface area contributed by atoms with Gasteiger partial charge in [-0.1, -0.05) is 61.3 Å². The third-order valence-electron chi connectivity index (χ3n) is 13.9.